The molecule has 2 heterocycles. The molecule has 1 aromatic rings. The van der Waals surface area contributed by atoms with Gasteiger partial charge in [0.2, 0.25) is 0 Å². The number of pyridine rings is 1. The van der Waals surface area contributed by atoms with Crippen molar-refractivity contribution < 1.29 is 9.53 Å². The zero-order valence-corrected chi connectivity index (χ0v) is 13.8. The second kappa shape index (κ2) is 7.58. The first-order chi connectivity index (χ1) is 10.4. The molecule has 0 saturated carbocycles. The molecule has 1 amide bonds. The molecular weight excluding hydrogens is 278 g/mol. The molecule has 1 fully saturated rings. The normalized spacial score (nSPS) is 19.0. The lowest BCUT2D eigenvalue weighted by Gasteiger charge is -2.34. The summed E-state index contributed by atoms with van der Waals surface area (Å²) in [7, 11) is 0. The number of hydrogen-bond acceptors (Lipinski definition) is 4. The number of ether oxygens (including phenoxy) is 1. The molecule has 0 spiro atoms. The minimum Gasteiger partial charge on any atom is -0.444 e. The first-order valence-corrected chi connectivity index (χ1v) is 8.02. The molecule has 122 valence electrons. The van der Waals surface area contributed by atoms with Gasteiger partial charge in [-0.05, 0) is 51.7 Å². The van der Waals surface area contributed by atoms with Crippen LogP contribution in [0.15, 0.2) is 24.4 Å². The van der Waals surface area contributed by atoms with Gasteiger partial charge in [-0.2, -0.15) is 0 Å². The van der Waals surface area contributed by atoms with E-state index in [1.807, 2.05) is 50.1 Å². The fourth-order valence-electron chi connectivity index (χ4n) is 2.63. The van der Waals surface area contributed by atoms with E-state index < -0.39 is 5.60 Å². The van der Waals surface area contributed by atoms with Crippen LogP contribution in [0.2, 0.25) is 0 Å². The topological polar surface area (TPSA) is 54.5 Å². The first-order valence-electron chi connectivity index (χ1n) is 8.02. The Bertz CT molecular complexity index is 471. The monoisotopic (exact) mass is 305 g/mol. The predicted molar refractivity (Wildman–Crippen MR) is 86.5 cm³/mol. The van der Waals surface area contributed by atoms with Gasteiger partial charge in [-0.1, -0.05) is 6.07 Å². The Kier molecular flexibility index (Phi) is 5.77. The maximum absolute atomic E-state index is 12.1. The van der Waals surface area contributed by atoms with Crippen LogP contribution in [0.25, 0.3) is 0 Å². The maximum atomic E-state index is 12.1. The summed E-state index contributed by atoms with van der Waals surface area (Å²) < 4.78 is 5.46. The van der Waals surface area contributed by atoms with Crippen molar-refractivity contribution in [3.05, 3.63) is 30.1 Å². The van der Waals surface area contributed by atoms with Crippen molar-refractivity contribution in [3.63, 3.8) is 0 Å². The van der Waals surface area contributed by atoms with Crippen LogP contribution in [0.5, 0.6) is 0 Å². The molecule has 0 bridgehead atoms. The van der Waals surface area contributed by atoms with E-state index in [2.05, 4.69) is 10.3 Å². The van der Waals surface area contributed by atoms with Crippen molar-refractivity contribution in [2.45, 2.75) is 45.8 Å². The number of hydrogen-bond donors (Lipinski definition) is 1. The van der Waals surface area contributed by atoms with Crippen molar-refractivity contribution >= 4 is 6.09 Å². The summed E-state index contributed by atoms with van der Waals surface area (Å²) in [4.78, 5) is 18.3. The number of nitrogens with one attached hydrogen (secondary N) is 1. The van der Waals surface area contributed by atoms with Gasteiger partial charge in [0.1, 0.15) is 5.60 Å². The smallest absolute Gasteiger partial charge is 0.410 e. The van der Waals surface area contributed by atoms with Gasteiger partial charge in [0.25, 0.3) is 0 Å². The minimum absolute atomic E-state index is 0.193. The number of likely N-dealkylation sites (tertiary alicyclic amines) is 1. The van der Waals surface area contributed by atoms with Gasteiger partial charge in [0, 0.05) is 32.4 Å². The third-order valence-electron chi connectivity index (χ3n) is 3.64. The highest BCUT2D eigenvalue weighted by Gasteiger charge is 2.27. The molecule has 1 aromatic heterocycles. The third kappa shape index (κ3) is 5.64. The highest BCUT2D eigenvalue weighted by Crippen LogP contribution is 2.18. The molecule has 0 aliphatic carbocycles. The average Bonchev–Trinajstić information content (AvgIpc) is 2.47. The van der Waals surface area contributed by atoms with Gasteiger partial charge < -0.3 is 15.0 Å². The molecule has 0 unspecified atom stereocenters. The number of nitrogens with zero attached hydrogens (tertiary/aromatic N) is 2. The number of rotatable bonds is 4. The molecule has 1 atom stereocenters. The maximum Gasteiger partial charge on any atom is 0.410 e. The van der Waals surface area contributed by atoms with Crippen molar-refractivity contribution in [2.24, 2.45) is 5.92 Å². The first kappa shape index (κ1) is 16.7. The lowest BCUT2D eigenvalue weighted by atomic mass is 9.98. The van der Waals surface area contributed by atoms with Crippen LogP contribution in [-0.2, 0) is 11.3 Å². The van der Waals surface area contributed by atoms with E-state index in [0.717, 1.165) is 44.7 Å². The summed E-state index contributed by atoms with van der Waals surface area (Å²) in [5, 5.41) is 3.44. The Morgan fingerprint density at radius 3 is 2.95 bits per heavy atom. The third-order valence-corrected chi connectivity index (χ3v) is 3.64. The molecule has 1 saturated heterocycles. The predicted octanol–water partition coefficient (Wildman–Crippen LogP) is 2.82. The van der Waals surface area contributed by atoms with E-state index in [-0.39, 0.29) is 6.09 Å². The second-order valence-electron chi connectivity index (χ2n) is 6.89. The quantitative estimate of drug-likeness (QED) is 0.929. The standard InChI is InChI=1S/C17H27N3O2/c1-17(2,3)22-16(21)20-10-6-7-14(13-20)11-18-12-15-8-4-5-9-19-15/h4-5,8-9,14,18H,6-7,10-13H2,1-3H3/t14-/m1/s1. The van der Waals surface area contributed by atoms with Gasteiger partial charge in [0.15, 0.2) is 0 Å². The van der Waals surface area contributed by atoms with Gasteiger partial charge >= 0.3 is 6.09 Å². The zero-order valence-electron chi connectivity index (χ0n) is 13.8. The number of aromatic nitrogens is 1. The molecule has 1 N–H and O–H groups in total. The number of carbonyl (C=O) groups is 1. The van der Waals surface area contributed by atoms with Gasteiger partial charge in [0.05, 0.1) is 5.69 Å². The number of piperidine rings is 1. The van der Waals surface area contributed by atoms with E-state index >= 15 is 0 Å². The highest BCUT2D eigenvalue weighted by atomic mass is 16.6. The number of carbonyl (C=O) groups excluding carboxylic acids is 1. The lowest BCUT2D eigenvalue weighted by molar-refractivity contribution is 0.0166. The van der Waals surface area contributed by atoms with Crippen LogP contribution >= 0.6 is 0 Å². The number of amides is 1. The van der Waals surface area contributed by atoms with Crippen LogP contribution in [0.4, 0.5) is 4.79 Å². The van der Waals surface area contributed by atoms with E-state index in [4.69, 9.17) is 4.74 Å². The van der Waals surface area contributed by atoms with Crippen molar-refractivity contribution in [1.29, 1.82) is 0 Å². The van der Waals surface area contributed by atoms with Gasteiger partial charge in [-0.15, -0.1) is 0 Å². The summed E-state index contributed by atoms with van der Waals surface area (Å²) in [5.41, 5.74) is 0.614. The summed E-state index contributed by atoms with van der Waals surface area (Å²) in [5.74, 6) is 0.477. The van der Waals surface area contributed by atoms with Crippen molar-refractivity contribution in [3.8, 4) is 0 Å². The Labute approximate surface area is 133 Å². The van der Waals surface area contributed by atoms with Gasteiger partial charge in [-0.3, -0.25) is 4.98 Å². The summed E-state index contributed by atoms with van der Waals surface area (Å²) in [6, 6.07) is 5.93. The van der Waals surface area contributed by atoms with E-state index in [1.165, 1.54) is 0 Å². The Hall–Kier alpha value is -1.62. The van der Waals surface area contributed by atoms with E-state index in [9.17, 15) is 4.79 Å². The van der Waals surface area contributed by atoms with E-state index in [0.29, 0.717) is 5.92 Å². The zero-order chi connectivity index (χ0) is 16.0. The molecule has 5 heteroatoms. The minimum atomic E-state index is -0.429. The fraction of sp³-hybridized carbons (Fsp3) is 0.647. The summed E-state index contributed by atoms with van der Waals surface area (Å²) in [6.45, 7) is 8.94. The van der Waals surface area contributed by atoms with Crippen LogP contribution in [0, 0.1) is 5.92 Å². The van der Waals surface area contributed by atoms with Gasteiger partial charge in [-0.25, -0.2) is 4.79 Å². The molecule has 5 nitrogen and oxygen atoms in total. The Balaban J connectivity index is 1.75. The molecule has 1 aliphatic heterocycles. The highest BCUT2D eigenvalue weighted by molar-refractivity contribution is 5.68. The van der Waals surface area contributed by atoms with Crippen LogP contribution in [0.3, 0.4) is 0 Å². The summed E-state index contributed by atoms with van der Waals surface area (Å²) >= 11 is 0. The molecule has 1 aliphatic rings. The Morgan fingerprint density at radius 2 is 2.27 bits per heavy atom. The fourth-order valence-corrected chi connectivity index (χ4v) is 2.63. The van der Waals surface area contributed by atoms with Crippen LogP contribution < -0.4 is 5.32 Å². The molecule has 2 rings (SSSR count). The molecule has 0 aromatic carbocycles. The second-order valence-corrected chi connectivity index (χ2v) is 6.89. The van der Waals surface area contributed by atoms with Crippen molar-refractivity contribution in [2.75, 3.05) is 19.6 Å². The van der Waals surface area contributed by atoms with Crippen LogP contribution in [-0.4, -0.2) is 41.2 Å². The molecule has 0 radical (unpaired) electrons. The lowest BCUT2D eigenvalue weighted by Crippen LogP contribution is -2.45. The largest absolute Gasteiger partial charge is 0.444 e. The average molecular weight is 305 g/mol. The molecule has 22 heavy (non-hydrogen) atoms. The summed E-state index contributed by atoms with van der Waals surface area (Å²) in [6.07, 6.45) is 3.80. The Morgan fingerprint density at radius 1 is 1.45 bits per heavy atom. The molecular formula is C17H27N3O2. The van der Waals surface area contributed by atoms with Crippen molar-refractivity contribution in [1.82, 2.24) is 15.2 Å². The van der Waals surface area contributed by atoms with E-state index in [1.54, 1.807) is 0 Å². The van der Waals surface area contributed by atoms with Crippen LogP contribution in [0.1, 0.15) is 39.3 Å². The SMILES string of the molecule is CC(C)(C)OC(=O)N1CCC[C@H](CNCc2ccccn2)C1.